The van der Waals surface area contributed by atoms with Crippen LogP contribution >= 0.6 is 11.8 Å². The minimum absolute atomic E-state index is 0.0454. The molecule has 3 rings (SSSR count). The summed E-state index contributed by atoms with van der Waals surface area (Å²) >= 11 is 1.70. The zero-order valence-corrected chi connectivity index (χ0v) is 17.2. The summed E-state index contributed by atoms with van der Waals surface area (Å²) in [7, 11) is 3.24. The largest absolute Gasteiger partial charge is 0.493 e. The van der Waals surface area contributed by atoms with Gasteiger partial charge in [0.05, 0.1) is 25.9 Å². The normalized spacial score (nSPS) is 16.0. The average molecular weight is 402 g/mol. The second-order valence-electron chi connectivity index (χ2n) is 6.64. The van der Waals surface area contributed by atoms with Gasteiger partial charge in [-0.3, -0.25) is 4.79 Å². The standard InChI is InChI=1S/C22H27NO4S/c1-25-19-10-9-16(14-20(19)26-2)11-12-23-22(24)18-7-3-4-8-21(18)28-15-17-6-5-13-27-17/h3-4,7-10,14,17H,5-6,11-13,15H2,1-2H3,(H,23,24)/t17-/m0/s1. The van der Waals surface area contributed by atoms with Crippen LogP contribution in [-0.2, 0) is 11.2 Å². The Hall–Kier alpha value is -2.18. The number of rotatable bonds is 9. The van der Waals surface area contributed by atoms with E-state index in [1.807, 2.05) is 42.5 Å². The van der Waals surface area contributed by atoms with Gasteiger partial charge in [-0.1, -0.05) is 18.2 Å². The molecule has 5 nitrogen and oxygen atoms in total. The molecular formula is C22H27NO4S. The van der Waals surface area contributed by atoms with Crippen LogP contribution in [-0.4, -0.2) is 45.1 Å². The maximum Gasteiger partial charge on any atom is 0.252 e. The Labute approximate surface area is 170 Å². The molecule has 1 atom stereocenters. The molecule has 0 spiro atoms. The van der Waals surface area contributed by atoms with Crippen molar-refractivity contribution in [2.75, 3.05) is 33.1 Å². The lowest BCUT2D eigenvalue weighted by molar-refractivity contribution is 0.0951. The van der Waals surface area contributed by atoms with Gasteiger partial charge < -0.3 is 19.5 Å². The Kier molecular flexibility index (Phi) is 7.62. The lowest BCUT2D eigenvalue weighted by Crippen LogP contribution is -2.26. The number of hydrogen-bond donors (Lipinski definition) is 1. The molecule has 2 aromatic carbocycles. The highest BCUT2D eigenvalue weighted by molar-refractivity contribution is 7.99. The van der Waals surface area contributed by atoms with Crippen molar-refractivity contribution in [2.24, 2.45) is 0 Å². The highest BCUT2D eigenvalue weighted by Crippen LogP contribution is 2.28. The van der Waals surface area contributed by atoms with Crippen LogP contribution < -0.4 is 14.8 Å². The summed E-state index contributed by atoms with van der Waals surface area (Å²) in [6.45, 7) is 1.41. The van der Waals surface area contributed by atoms with Gasteiger partial charge in [0.15, 0.2) is 11.5 Å². The van der Waals surface area contributed by atoms with E-state index in [0.717, 1.165) is 47.6 Å². The number of nitrogens with one attached hydrogen (secondary N) is 1. The molecule has 1 N–H and O–H groups in total. The van der Waals surface area contributed by atoms with Crippen LogP contribution in [0.3, 0.4) is 0 Å². The van der Waals surface area contributed by atoms with E-state index in [0.29, 0.717) is 24.1 Å². The molecule has 1 aliphatic rings. The fraction of sp³-hybridized carbons (Fsp3) is 0.409. The van der Waals surface area contributed by atoms with E-state index in [-0.39, 0.29) is 5.91 Å². The first-order valence-corrected chi connectivity index (χ1v) is 10.5. The van der Waals surface area contributed by atoms with Gasteiger partial charge in [-0.25, -0.2) is 0 Å². The predicted octanol–water partition coefficient (Wildman–Crippen LogP) is 3.95. The van der Waals surface area contributed by atoms with Crippen LogP contribution in [0.5, 0.6) is 11.5 Å². The number of ether oxygens (including phenoxy) is 3. The Morgan fingerprint density at radius 2 is 2.00 bits per heavy atom. The highest BCUT2D eigenvalue weighted by Gasteiger charge is 2.17. The van der Waals surface area contributed by atoms with Crippen LogP contribution in [0, 0.1) is 0 Å². The van der Waals surface area contributed by atoms with Crippen molar-refractivity contribution in [1.29, 1.82) is 0 Å². The summed E-state index contributed by atoms with van der Waals surface area (Å²) in [6.07, 6.45) is 3.25. The number of amides is 1. The number of carbonyl (C=O) groups excluding carboxylic acids is 1. The minimum Gasteiger partial charge on any atom is -0.493 e. The SMILES string of the molecule is COc1ccc(CCNC(=O)c2ccccc2SC[C@@H]2CCCO2)cc1OC. The van der Waals surface area contributed by atoms with Crippen LogP contribution in [0.15, 0.2) is 47.4 Å². The molecule has 1 heterocycles. The van der Waals surface area contributed by atoms with Crippen molar-refractivity contribution in [3.8, 4) is 11.5 Å². The summed E-state index contributed by atoms with van der Waals surface area (Å²) in [5.41, 5.74) is 1.80. The van der Waals surface area contributed by atoms with Gasteiger partial charge in [-0.2, -0.15) is 0 Å². The smallest absolute Gasteiger partial charge is 0.252 e. The molecular weight excluding hydrogens is 374 g/mol. The molecule has 0 aliphatic carbocycles. The second-order valence-corrected chi connectivity index (χ2v) is 7.70. The van der Waals surface area contributed by atoms with E-state index >= 15 is 0 Å². The Balaban J connectivity index is 1.54. The van der Waals surface area contributed by atoms with Gasteiger partial charge in [0.1, 0.15) is 0 Å². The number of thioether (sulfide) groups is 1. The van der Waals surface area contributed by atoms with E-state index < -0.39 is 0 Å². The van der Waals surface area contributed by atoms with Crippen molar-refractivity contribution in [2.45, 2.75) is 30.3 Å². The van der Waals surface area contributed by atoms with Crippen molar-refractivity contribution < 1.29 is 19.0 Å². The molecule has 1 aliphatic heterocycles. The number of carbonyl (C=O) groups is 1. The Bertz CT molecular complexity index is 790. The van der Waals surface area contributed by atoms with Gasteiger partial charge >= 0.3 is 0 Å². The van der Waals surface area contributed by atoms with Crippen molar-refractivity contribution in [3.05, 3.63) is 53.6 Å². The summed E-state index contributed by atoms with van der Waals surface area (Å²) in [5, 5.41) is 3.03. The van der Waals surface area contributed by atoms with Gasteiger partial charge in [0, 0.05) is 23.8 Å². The molecule has 6 heteroatoms. The quantitative estimate of drug-likeness (QED) is 0.645. The highest BCUT2D eigenvalue weighted by atomic mass is 32.2. The van der Waals surface area contributed by atoms with E-state index in [1.165, 1.54) is 0 Å². The van der Waals surface area contributed by atoms with Gasteiger partial charge in [0.2, 0.25) is 0 Å². The molecule has 1 amide bonds. The molecule has 1 saturated heterocycles. The van der Waals surface area contributed by atoms with Crippen LogP contribution in [0.25, 0.3) is 0 Å². The molecule has 28 heavy (non-hydrogen) atoms. The topological polar surface area (TPSA) is 56.8 Å². The monoisotopic (exact) mass is 401 g/mol. The van der Waals surface area contributed by atoms with Gasteiger partial charge in [0.25, 0.3) is 5.91 Å². The molecule has 0 radical (unpaired) electrons. The average Bonchev–Trinajstić information content (AvgIpc) is 3.26. The van der Waals surface area contributed by atoms with E-state index in [2.05, 4.69) is 5.32 Å². The van der Waals surface area contributed by atoms with Gasteiger partial charge in [-0.15, -0.1) is 11.8 Å². The van der Waals surface area contributed by atoms with Crippen LogP contribution in [0.4, 0.5) is 0 Å². The summed E-state index contributed by atoms with van der Waals surface area (Å²) in [6, 6.07) is 13.6. The fourth-order valence-electron chi connectivity index (χ4n) is 3.19. The van der Waals surface area contributed by atoms with Crippen LogP contribution in [0.2, 0.25) is 0 Å². The third-order valence-corrected chi connectivity index (χ3v) is 5.93. The third kappa shape index (κ3) is 5.42. The van der Waals surface area contributed by atoms with Crippen molar-refractivity contribution in [1.82, 2.24) is 5.32 Å². The lowest BCUT2D eigenvalue weighted by Gasteiger charge is -2.13. The molecule has 0 saturated carbocycles. The number of hydrogen-bond acceptors (Lipinski definition) is 5. The summed E-state index contributed by atoms with van der Waals surface area (Å²) < 4.78 is 16.3. The molecule has 150 valence electrons. The number of methoxy groups -OCH3 is 2. The zero-order valence-electron chi connectivity index (χ0n) is 16.4. The third-order valence-electron chi connectivity index (χ3n) is 4.73. The first kappa shape index (κ1) is 20.6. The maximum atomic E-state index is 12.7. The van der Waals surface area contributed by atoms with Crippen LogP contribution in [0.1, 0.15) is 28.8 Å². The van der Waals surface area contributed by atoms with Crippen molar-refractivity contribution >= 4 is 17.7 Å². The van der Waals surface area contributed by atoms with Crippen molar-refractivity contribution in [3.63, 3.8) is 0 Å². The minimum atomic E-state index is -0.0454. The van der Waals surface area contributed by atoms with E-state index in [4.69, 9.17) is 14.2 Å². The maximum absolute atomic E-state index is 12.7. The fourth-order valence-corrected chi connectivity index (χ4v) is 4.31. The Morgan fingerprint density at radius 3 is 2.75 bits per heavy atom. The first-order chi connectivity index (χ1) is 13.7. The lowest BCUT2D eigenvalue weighted by atomic mass is 10.1. The van der Waals surface area contributed by atoms with Gasteiger partial charge in [-0.05, 0) is 49.1 Å². The molecule has 0 aromatic heterocycles. The molecule has 1 fully saturated rings. The Morgan fingerprint density at radius 1 is 1.18 bits per heavy atom. The second kappa shape index (κ2) is 10.4. The van der Waals surface area contributed by atoms with E-state index in [1.54, 1.807) is 26.0 Å². The number of benzene rings is 2. The summed E-state index contributed by atoms with van der Waals surface area (Å²) in [5.74, 6) is 2.24. The molecule has 0 unspecified atom stereocenters. The zero-order chi connectivity index (χ0) is 19.8. The molecule has 2 aromatic rings. The molecule has 0 bridgehead atoms. The predicted molar refractivity (Wildman–Crippen MR) is 112 cm³/mol. The van der Waals surface area contributed by atoms with E-state index in [9.17, 15) is 4.79 Å². The first-order valence-electron chi connectivity index (χ1n) is 9.54. The summed E-state index contributed by atoms with van der Waals surface area (Å²) in [4.78, 5) is 13.7.